The minimum Gasteiger partial charge on any atom is -0.300 e. The molecule has 2 nitrogen and oxygen atoms in total. The molecule has 0 saturated heterocycles. The second kappa shape index (κ2) is 30.1. The first-order chi connectivity index (χ1) is 10.7. The van der Waals surface area contributed by atoms with Gasteiger partial charge in [-0.3, -0.25) is 4.79 Å². The molecular formula is C18H37Cl3O2. The molecule has 0 aliphatic carbocycles. The molecule has 0 saturated carbocycles. The molecular weight excluding hydrogens is 355 g/mol. The number of alkyl halides is 2. The van der Waals surface area contributed by atoms with Crippen molar-refractivity contribution in [1.29, 1.82) is 0 Å². The molecule has 142 valence electrons. The third-order valence-corrected chi connectivity index (χ3v) is 3.42. The topological polar surface area (TPSA) is 34.1 Å². The Balaban J connectivity index is -0.000000106. The molecule has 0 aromatic rings. The molecule has 0 amide bonds. The van der Waals surface area contributed by atoms with Crippen molar-refractivity contribution in [2.45, 2.75) is 104 Å². The number of unbranched alkanes of at least 4 members (excludes halogenated alkanes) is 6. The maximum absolute atomic E-state index is 9.81. The number of hydrogen-bond acceptors (Lipinski definition) is 2. The fraction of sp³-hybridized carbons (Fsp3) is 0.889. The Morgan fingerprint density at radius 1 is 0.739 bits per heavy atom. The summed E-state index contributed by atoms with van der Waals surface area (Å²) in [5.41, 5.74) is 0. The van der Waals surface area contributed by atoms with Crippen molar-refractivity contribution in [3.8, 4) is 0 Å². The number of hydrogen-bond donors (Lipinski definition) is 0. The average Bonchev–Trinajstić information content (AvgIpc) is 2.50. The van der Waals surface area contributed by atoms with Gasteiger partial charge < -0.3 is 4.79 Å². The van der Waals surface area contributed by atoms with Crippen LogP contribution in [0.1, 0.15) is 99.3 Å². The largest absolute Gasteiger partial charge is 0.300 e. The third-order valence-electron chi connectivity index (χ3n) is 2.58. The van der Waals surface area contributed by atoms with Gasteiger partial charge in [-0.05, 0) is 18.5 Å². The van der Waals surface area contributed by atoms with E-state index in [1.807, 2.05) is 6.92 Å². The molecule has 0 aliphatic heterocycles. The van der Waals surface area contributed by atoms with Gasteiger partial charge in [0.15, 0.2) is 4.84 Å². The molecule has 0 spiro atoms. The van der Waals surface area contributed by atoms with E-state index in [0.717, 1.165) is 0 Å². The van der Waals surface area contributed by atoms with Crippen LogP contribution in [0.15, 0.2) is 0 Å². The highest BCUT2D eigenvalue weighted by atomic mass is 35.5. The van der Waals surface area contributed by atoms with Gasteiger partial charge in [-0.15, -0.1) is 0 Å². The normalized spacial score (nSPS) is 8.78. The van der Waals surface area contributed by atoms with Gasteiger partial charge in [0.2, 0.25) is 0 Å². The zero-order valence-electron chi connectivity index (χ0n) is 15.9. The van der Waals surface area contributed by atoms with Crippen LogP contribution in [0.4, 0.5) is 0 Å². The van der Waals surface area contributed by atoms with Crippen LogP contribution >= 0.6 is 34.8 Å². The van der Waals surface area contributed by atoms with E-state index < -0.39 is 10.1 Å². The Kier molecular flexibility index (Phi) is 40.6. The van der Waals surface area contributed by atoms with Crippen molar-refractivity contribution >= 4 is 45.8 Å². The molecule has 0 bridgehead atoms. The Labute approximate surface area is 159 Å². The maximum Gasteiger partial charge on any atom is 0.254 e. The summed E-state index contributed by atoms with van der Waals surface area (Å²) < 4.78 is 0. The highest BCUT2D eigenvalue weighted by molar-refractivity contribution is 6.75. The minimum atomic E-state index is -1.08. The van der Waals surface area contributed by atoms with E-state index in [1.54, 1.807) is 6.92 Å². The average molecular weight is 392 g/mol. The van der Waals surface area contributed by atoms with Crippen molar-refractivity contribution < 1.29 is 9.59 Å². The molecule has 0 aromatic heterocycles. The number of carbonyl (C=O) groups excluding carboxylic acids is 2. The lowest BCUT2D eigenvalue weighted by Gasteiger charge is -1.90. The molecule has 0 atom stereocenters. The van der Waals surface area contributed by atoms with E-state index in [9.17, 15) is 9.59 Å². The first kappa shape index (κ1) is 31.0. The zero-order valence-corrected chi connectivity index (χ0v) is 18.2. The monoisotopic (exact) mass is 390 g/mol. The Morgan fingerprint density at radius 2 is 1.00 bits per heavy atom. The lowest BCUT2D eigenvalue weighted by atomic mass is 10.2. The predicted octanol–water partition coefficient (Wildman–Crippen LogP) is 7.71. The number of halogens is 3. The van der Waals surface area contributed by atoms with Crippen LogP contribution in [0.5, 0.6) is 0 Å². The number of carbonyl (C=O) groups is 2. The summed E-state index contributed by atoms with van der Waals surface area (Å²) in [7, 11) is 0. The summed E-state index contributed by atoms with van der Waals surface area (Å²) in [6, 6.07) is 0. The van der Waals surface area contributed by atoms with E-state index >= 15 is 0 Å². The molecule has 23 heavy (non-hydrogen) atoms. The van der Waals surface area contributed by atoms with Crippen LogP contribution in [0.25, 0.3) is 0 Å². The van der Waals surface area contributed by atoms with Gasteiger partial charge in [0.05, 0.1) is 0 Å². The van der Waals surface area contributed by atoms with E-state index in [1.165, 1.54) is 51.4 Å². The quantitative estimate of drug-likeness (QED) is 0.241. The Morgan fingerprint density at radius 3 is 1.09 bits per heavy atom. The van der Waals surface area contributed by atoms with Gasteiger partial charge in [0, 0.05) is 6.42 Å². The molecule has 0 aliphatic rings. The van der Waals surface area contributed by atoms with Crippen LogP contribution in [-0.4, -0.2) is 15.9 Å². The Bertz CT molecular complexity index is 226. The summed E-state index contributed by atoms with van der Waals surface area (Å²) >= 11 is 14.5. The number of Topliss-reactive ketones (excluding diaryl/α,β-unsaturated/α-hetero) is 1. The molecule has 0 rings (SSSR count). The predicted molar refractivity (Wildman–Crippen MR) is 107 cm³/mol. The first-order valence-electron chi connectivity index (χ1n) is 8.71. The van der Waals surface area contributed by atoms with Gasteiger partial charge in [0.1, 0.15) is 5.78 Å². The molecule has 0 aromatic carbocycles. The van der Waals surface area contributed by atoms with Crippen LogP contribution in [-0.2, 0) is 9.59 Å². The minimum absolute atomic E-state index is 0.255. The first-order valence-corrected chi connectivity index (χ1v) is 9.96. The lowest BCUT2D eigenvalue weighted by Crippen LogP contribution is -1.95. The van der Waals surface area contributed by atoms with Crippen LogP contribution in [0.2, 0.25) is 0 Å². The van der Waals surface area contributed by atoms with Gasteiger partial charge >= 0.3 is 0 Å². The fourth-order valence-electron chi connectivity index (χ4n) is 1.03. The van der Waals surface area contributed by atoms with Crippen LogP contribution in [0.3, 0.4) is 0 Å². The zero-order chi connectivity index (χ0) is 19.1. The molecule has 0 heterocycles. The van der Waals surface area contributed by atoms with Gasteiger partial charge in [0.25, 0.3) is 5.24 Å². The Hall–Kier alpha value is 0.210. The fourth-order valence-corrected chi connectivity index (χ4v) is 1.03. The molecule has 0 radical (unpaired) electrons. The second-order valence-corrected chi connectivity index (χ2v) is 6.54. The summed E-state index contributed by atoms with van der Waals surface area (Å²) in [5.74, 6) is 0.255. The van der Waals surface area contributed by atoms with Gasteiger partial charge in [-0.2, -0.15) is 0 Å². The van der Waals surface area contributed by atoms with Gasteiger partial charge in [-0.25, -0.2) is 0 Å². The van der Waals surface area contributed by atoms with E-state index in [4.69, 9.17) is 34.8 Å². The summed E-state index contributed by atoms with van der Waals surface area (Å²) in [6.45, 7) is 12.3. The smallest absolute Gasteiger partial charge is 0.254 e. The maximum atomic E-state index is 9.81. The SMILES string of the molecule is CCC(C)=O.CCCCC.CCCCCCC.O=C(Cl)C(Cl)Cl. The van der Waals surface area contributed by atoms with E-state index in [0.29, 0.717) is 6.42 Å². The highest BCUT2D eigenvalue weighted by Gasteiger charge is 2.04. The van der Waals surface area contributed by atoms with Crippen LogP contribution in [0, 0.1) is 0 Å². The number of ketones is 1. The van der Waals surface area contributed by atoms with Crippen molar-refractivity contribution in [3.05, 3.63) is 0 Å². The molecule has 5 heteroatoms. The van der Waals surface area contributed by atoms with Crippen molar-refractivity contribution in [2.75, 3.05) is 0 Å². The number of rotatable bonds is 8. The van der Waals surface area contributed by atoms with E-state index in [2.05, 4.69) is 27.7 Å². The second-order valence-electron chi connectivity index (χ2n) is 5.07. The van der Waals surface area contributed by atoms with Crippen molar-refractivity contribution in [1.82, 2.24) is 0 Å². The molecule has 0 N–H and O–H groups in total. The lowest BCUT2D eigenvalue weighted by molar-refractivity contribution is -0.116. The standard InChI is InChI=1S/C7H16.C5H12.C4H8O.C2HCl3O/c1-3-5-7-6-4-2;1-3-5-4-2;1-3-4(2)5;3-1(4)2(5)6/h3-7H2,1-2H3;3-5H2,1-2H3;3H2,1-2H3;1H. The molecule has 0 fully saturated rings. The van der Waals surface area contributed by atoms with Crippen molar-refractivity contribution in [3.63, 3.8) is 0 Å². The summed E-state index contributed by atoms with van der Waals surface area (Å²) in [5, 5.41) is -0.738. The molecule has 0 unspecified atom stereocenters. The van der Waals surface area contributed by atoms with Gasteiger partial charge in [-0.1, -0.05) is 109 Å². The third kappa shape index (κ3) is 60.8. The van der Waals surface area contributed by atoms with E-state index in [-0.39, 0.29) is 5.78 Å². The van der Waals surface area contributed by atoms with Crippen LogP contribution < -0.4 is 0 Å². The highest BCUT2D eigenvalue weighted by Crippen LogP contribution is 2.04. The summed E-state index contributed by atoms with van der Waals surface area (Å²) in [6.07, 6.45) is 11.8. The van der Waals surface area contributed by atoms with Crippen molar-refractivity contribution in [2.24, 2.45) is 0 Å². The summed E-state index contributed by atoms with van der Waals surface area (Å²) in [4.78, 5) is 18.4.